The van der Waals surface area contributed by atoms with Gasteiger partial charge in [0.1, 0.15) is 0 Å². The molecule has 0 aliphatic carbocycles. The quantitative estimate of drug-likeness (QED) is 0.907. The van der Waals surface area contributed by atoms with Gasteiger partial charge in [0, 0.05) is 36.9 Å². The first kappa shape index (κ1) is 15.9. The van der Waals surface area contributed by atoms with Crippen molar-refractivity contribution in [1.29, 1.82) is 0 Å². The van der Waals surface area contributed by atoms with Crippen LogP contribution in [0.2, 0.25) is 0 Å². The molecule has 4 nitrogen and oxygen atoms in total. The Morgan fingerprint density at radius 3 is 2.52 bits per heavy atom. The number of nitrogens with one attached hydrogen (secondary N) is 1. The van der Waals surface area contributed by atoms with Gasteiger partial charge in [0.05, 0.1) is 0 Å². The van der Waals surface area contributed by atoms with Crippen LogP contribution in [0.4, 0.5) is 0 Å². The Labute approximate surface area is 130 Å². The van der Waals surface area contributed by atoms with Crippen LogP contribution in [0.3, 0.4) is 0 Å². The molecule has 0 spiro atoms. The van der Waals surface area contributed by atoms with E-state index >= 15 is 0 Å². The Kier molecular flexibility index (Phi) is 6.11. The number of thioether (sulfide) groups is 1. The van der Waals surface area contributed by atoms with E-state index in [4.69, 9.17) is 0 Å². The molecule has 1 heterocycles. The zero-order chi connectivity index (χ0) is 15.1. The molecule has 0 bridgehead atoms. The van der Waals surface area contributed by atoms with E-state index in [1.54, 1.807) is 11.8 Å². The van der Waals surface area contributed by atoms with Crippen LogP contribution in [0.15, 0.2) is 30.3 Å². The summed E-state index contributed by atoms with van der Waals surface area (Å²) in [6.45, 7) is 1.49. The molecular formula is C16H22N2O2S. The highest BCUT2D eigenvalue weighted by Gasteiger charge is 2.23. The van der Waals surface area contributed by atoms with Crippen LogP contribution < -0.4 is 5.32 Å². The Morgan fingerprint density at radius 2 is 1.90 bits per heavy atom. The zero-order valence-corrected chi connectivity index (χ0v) is 13.2. The van der Waals surface area contributed by atoms with Gasteiger partial charge in [-0.3, -0.25) is 9.59 Å². The Morgan fingerprint density at radius 1 is 1.24 bits per heavy atom. The standard InChI is InChI=1S/C16H22N2O2S/c1-21-12-9-15(19)18-10-7-14(8-11-18)17-16(20)13-5-3-2-4-6-13/h2-6,14H,7-12H2,1H3,(H,17,20). The van der Waals surface area contributed by atoms with E-state index in [-0.39, 0.29) is 17.9 Å². The fourth-order valence-electron chi connectivity index (χ4n) is 2.48. The maximum absolute atomic E-state index is 12.1. The van der Waals surface area contributed by atoms with Crippen molar-refractivity contribution in [2.75, 3.05) is 25.1 Å². The first-order chi connectivity index (χ1) is 10.2. The highest BCUT2D eigenvalue weighted by Crippen LogP contribution is 2.13. The summed E-state index contributed by atoms with van der Waals surface area (Å²) in [4.78, 5) is 25.9. The van der Waals surface area contributed by atoms with Gasteiger partial charge in [-0.1, -0.05) is 18.2 Å². The number of carbonyl (C=O) groups excluding carboxylic acids is 2. The number of amides is 2. The van der Waals surface area contributed by atoms with Crippen LogP contribution in [0.25, 0.3) is 0 Å². The lowest BCUT2D eigenvalue weighted by molar-refractivity contribution is -0.131. The zero-order valence-electron chi connectivity index (χ0n) is 12.4. The van der Waals surface area contributed by atoms with Crippen molar-refractivity contribution in [2.24, 2.45) is 0 Å². The smallest absolute Gasteiger partial charge is 0.251 e. The number of likely N-dealkylation sites (tertiary alicyclic amines) is 1. The third-order valence-corrected chi connectivity index (χ3v) is 4.35. The Bertz CT molecular complexity index is 470. The van der Waals surface area contributed by atoms with E-state index in [1.807, 2.05) is 41.5 Å². The average Bonchev–Trinajstić information content (AvgIpc) is 2.54. The summed E-state index contributed by atoms with van der Waals surface area (Å²) >= 11 is 1.70. The summed E-state index contributed by atoms with van der Waals surface area (Å²) in [5, 5.41) is 3.06. The van der Waals surface area contributed by atoms with E-state index in [1.165, 1.54) is 0 Å². The van der Waals surface area contributed by atoms with Crippen molar-refractivity contribution in [3.63, 3.8) is 0 Å². The lowest BCUT2D eigenvalue weighted by Crippen LogP contribution is -2.46. The Hall–Kier alpha value is -1.49. The number of hydrogen-bond acceptors (Lipinski definition) is 3. The van der Waals surface area contributed by atoms with Crippen LogP contribution >= 0.6 is 11.8 Å². The van der Waals surface area contributed by atoms with Gasteiger partial charge in [-0.25, -0.2) is 0 Å². The monoisotopic (exact) mass is 306 g/mol. The number of benzene rings is 1. The third kappa shape index (κ3) is 4.77. The summed E-state index contributed by atoms with van der Waals surface area (Å²) in [5.41, 5.74) is 0.691. The van der Waals surface area contributed by atoms with Gasteiger partial charge >= 0.3 is 0 Å². The number of carbonyl (C=O) groups is 2. The molecule has 0 atom stereocenters. The van der Waals surface area contributed by atoms with Crippen molar-refractivity contribution >= 4 is 23.6 Å². The SMILES string of the molecule is CSCCC(=O)N1CCC(NC(=O)c2ccccc2)CC1. The summed E-state index contributed by atoms with van der Waals surface area (Å²) in [7, 11) is 0. The second kappa shape index (κ2) is 8.08. The molecule has 1 aromatic rings. The predicted molar refractivity (Wildman–Crippen MR) is 86.5 cm³/mol. The number of nitrogens with zero attached hydrogens (tertiary/aromatic N) is 1. The number of piperidine rings is 1. The van der Waals surface area contributed by atoms with Crippen LogP contribution in [0.5, 0.6) is 0 Å². The molecular weight excluding hydrogens is 284 g/mol. The molecule has 1 saturated heterocycles. The predicted octanol–water partition coefficient (Wildman–Crippen LogP) is 2.16. The van der Waals surface area contributed by atoms with Crippen LogP contribution in [-0.2, 0) is 4.79 Å². The van der Waals surface area contributed by atoms with Crippen molar-refractivity contribution < 1.29 is 9.59 Å². The van der Waals surface area contributed by atoms with Gasteiger partial charge in [0.25, 0.3) is 5.91 Å². The molecule has 5 heteroatoms. The first-order valence-electron chi connectivity index (χ1n) is 7.33. The molecule has 1 N–H and O–H groups in total. The van der Waals surface area contributed by atoms with Gasteiger partial charge in [-0.05, 0) is 31.2 Å². The maximum atomic E-state index is 12.1. The van der Waals surface area contributed by atoms with Crippen molar-refractivity contribution in [2.45, 2.75) is 25.3 Å². The number of rotatable bonds is 5. The molecule has 1 aliphatic heterocycles. The normalized spacial score (nSPS) is 15.8. The van der Waals surface area contributed by atoms with Crippen molar-refractivity contribution in [3.05, 3.63) is 35.9 Å². The number of hydrogen-bond donors (Lipinski definition) is 1. The third-order valence-electron chi connectivity index (χ3n) is 3.74. The van der Waals surface area contributed by atoms with E-state index < -0.39 is 0 Å². The van der Waals surface area contributed by atoms with Crippen LogP contribution in [0.1, 0.15) is 29.6 Å². The molecule has 2 rings (SSSR count). The summed E-state index contributed by atoms with van der Waals surface area (Å²) in [6.07, 6.45) is 4.30. The van der Waals surface area contributed by atoms with Crippen molar-refractivity contribution in [3.8, 4) is 0 Å². The van der Waals surface area contributed by atoms with Gasteiger partial charge in [-0.2, -0.15) is 11.8 Å². The largest absolute Gasteiger partial charge is 0.349 e. The highest BCUT2D eigenvalue weighted by molar-refractivity contribution is 7.98. The topological polar surface area (TPSA) is 49.4 Å². The minimum Gasteiger partial charge on any atom is -0.349 e. The van der Waals surface area contributed by atoms with Crippen molar-refractivity contribution in [1.82, 2.24) is 10.2 Å². The fraction of sp³-hybridized carbons (Fsp3) is 0.500. The summed E-state index contributed by atoms with van der Waals surface area (Å²) in [5.74, 6) is 1.09. The molecule has 1 aliphatic rings. The van der Waals surface area contributed by atoms with Crippen LogP contribution in [0, 0.1) is 0 Å². The molecule has 0 unspecified atom stereocenters. The molecule has 1 aromatic carbocycles. The minimum absolute atomic E-state index is 0.0252. The van der Waals surface area contributed by atoms with E-state index in [0.717, 1.165) is 31.7 Å². The van der Waals surface area contributed by atoms with E-state index in [2.05, 4.69) is 5.32 Å². The first-order valence-corrected chi connectivity index (χ1v) is 8.72. The average molecular weight is 306 g/mol. The van der Waals surface area contributed by atoms with E-state index in [0.29, 0.717) is 12.0 Å². The van der Waals surface area contributed by atoms with E-state index in [9.17, 15) is 9.59 Å². The van der Waals surface area contributed by atoms with Crippen LogP contribution in [-0.4, -0.2) is 47.9 Å². The van der Waals surface area contributed by atoms with Gasteiger partial charge in [0.2, 0.25) is 5.91 Å². The second-order valence-corrected chi connectivity index (χ2v) is 6.22. The molecule has 114 valence electrons. The summed E-state index contributed by atoms with van der Waals surface area (Å²) in [6, 6.07) is 9.42. The molecule has 2 amide bonds. The highest BCUT2D eigenvalue weighted by atomic mass is 32.2. The lowest BCUT2D eigenvalue weighted by atomic mass is 10.0. The minimum atomic E-state index is -0.0252. The van der Waals surface area contributed by atoms with Gasteiger partial charge in [-0.15, -0.1) is 0 Å². The van der Waals surface area contributed by atoms with Gasteiger partial charge < -0.3 is 10.2 Å². The second-order valence-electron chi connectivity index (χ2n) is 5.24. The fourth-order valence-corrected chi connectivity index (χ4v) is 2.86. The molecule has 21 heavy (non-hydrogen) atoms. The molecule has 1 fully saturated rings. The lowest BCUT2D eigenvalue weighted by Gasteiger charge is -2.32. The summed E-state index contributed by atoms with van der Waals surface area (Å²) < 4.78 is 0. The van der Waals surface area contributed by atoms with Gasteiger partial charge in [0.15, 0.2) is 0 Å². The molecule has 0 aromatic heterocycles. The maximum Gasteiger partial charge on any atom is 0.251 e. The molecule has 0 radical (unpaired) electrons. The Balaban J connectivity index is 1.77. The molecule has 0 saturated carbocycles.